The van der Waals surface area contributed by atoms with Crippen LogP contribution >= 0.6 is 11.8 Å². The first kappa shape index (κ1) is 18.0. The van der Waals surface area contributed by atoms with Crippen molar-refractivity contribution in [1.82, 2.24) is 5.32 Å². The number of carbonyl (C=O) groups excluding carboxylic acids is 1. The molecule has 2 aromatic carbocycles. The second kappa shape index (κ2) is 9.07. The fourth-order valence-electron chi connectivity index (χ4n) is 2.35. The van der Waals surface area contributed by atoms with Crippen LogP contribution in [-0.2, 0) is 0 Å². The lowest BCUT2D eigenvalue weighted by Gasteiger charge is -2.07. The Morgan fingerprint density at radius 3 is 2.92 bits per heavy atom. The summed E-state index contributed by atoms with van der Waals surface area (Å²) in [5.74, 6) is 8.63. The van der Waals surface area contributed by atoms with Gasteiger partial charge in [-0.15, -0.1) is 11.8 Å². The van der Waals surface area contributed by atoms with Crippen LogP contribution in [0.3, 0.4) is 0 Å². The highest BCUT2D eigenvalue weighted by Gasteiger charge is 2.13. The molecule has 134 valence electrons. The summed E-state index contributed by atoms with van der Waals surface area (Å²) in [6, 6.07) is 12.9. The van der Waals surface area contributed by atoms with E-state index in [2.05, 4.69) is 24.1 Å². The molecule has 0 radical (unpaired) electrons. The number of hydrogen-bond donors (Lipinski definition) is 1. The van der Waals surface area contributed by atoms with Crippen LogP contribution in [0.1, 0.15) is 17.3 Å². The summed E-state index contributed by atoms with van der Waals surface area (Å²) < 4.78 is 16.1. The largest absolute Gasteiger partial charge is 0.481 e. The van der Waals surface area contributed by atoms with Gasteiger partial charge in [-0.2, -0.15) is 0 Å². The molecule has 1 heterocycles. The average molecular weight is 369 g/mol. The van der Waals surface area contributed by atoms with Crippen LogP contribution in [0.5, 0.6) is 17.2 Å². The number of benzene rings is 2. The van der Waals surface area contributed by atoms with Gasteiger partial charge in [0.05, 0.1) is 12.1 Å². The van der Waals surface area contributed by atoms with Crippen molar-refractivity contribution in [3.05, 3.63) is 48.0 Å². The number of nitrogens with one attached hydrogen (secondary N) is 1. The SMILES string of the molecule is CCSc1ccccc1C(=O)NCC#CCOc1ccc2c(c1)OCO2. The lowest BCUT2D eigenvalue weighted by molar-refractivity contribution is 0.0955. The minimum atomic E-state index is -0.118. The first-order valence-corrected chi connectivity index (χ1v) is 9.24. The first-order valence-electron chi connectivity index (χ1n) is 8.26. The smallest absolute Gasteiger partial charge is 0.253 e. The molecule has 26 heavy (non-hydrogen) atoms. The third-order valence-electron chi connectivity index (χ3n) is 3.55. The zero-order valence-corrected chi connectivity index (χ0v) is 15.2. The van der Waals surface area contributed by atoms with Gasteiger partial charge in [-0.1, -0.05) is 30.9 Å². The average Bonchev–Trinajstić information content (AvgIpc) is 3.13. The van der Waals surface area contributed by atoms with Crippen LogP contribution < -0.4 is 19.5 Å². The molecule has 1 amide bonds. The zero-order chi connectivity index (χ0) is 18.2. The Balaban J connectivity index is 1.45. The van der Waals surface area contributed by atoms with E-state index in [9.17, 15) is 4.79 Å². The maximum Gasteiger partial charge on any atom is 0.253 e. The predicted molar refractivity (Wildman–Crippen MR) is 101 cm³/mol. The van der Waals surface area contributed by atoms with Gasteiger partial charge in [0.1, 0.15) is 12.4 Å². The van der Waals surface area contributed by atoms with Crippen LogP contribution in [0, 0.1) is 11.8 Å². The van der Waals surface area contributed by atoms with Crippen molar-refractivity contribution in [2.75, 3.05) is 25.7 Å². The second-order valence-corrected chi connectivity index (χ2v) is 6.57. The van der Waals surface area contributed by atoms with E-state index in [1.54, 1.807) is 30.0 Å². The van der Waals surface area contributed by atoms with Crippen LogP contribution in [0.25, 0.3) is 0 Å². The van der Waals surface area contributed by atoms with Crippen molar-refractivity contribution < 1.29 is 19.0 Å². The molecule has 0 atom stereocenters. The molecule has 0 saturated heterocycles. The standard InChI is InChI=1S/C20H19NO4S/c1-2-26-19-8-4-3-7-16(19)20(22)21-11-5-6-12-23-15-9-10-17-18(13-15)25-14-24-17/h3-4,7-10,13H,2,11-12,14H2,1H3,(H,21,22). The summed E-state index contributed by atoms with van der Waals surface area (Å²) in [4.78, 5) is 13.2. The van der Waals surface area contributed by atoms with Crippen LogP contribution in [0.15, 0.2) is 47.4 Å². The summed E-state index contributed by atoms with van der Waals surface area (Å²) in [7, 11) is 0. The molecule has 0 aromatic heterocycles. The topological polar surface area (TPSA) is 56.8 Å². The van der Waals surface area contributed by atoms with E-state index in [1.807, 2.05) is 24.3 Å². The van der Waals surface area contributed by atoms with Gasteiger partial charge >= 0.3 is 0 Å². The van der Waals surface area contributed by atoms with E-state index >= 15 is 0 Å². The van der Waals surface area contributed by atoms with Crippen molar-refractivity contribution in [2.24, 2.45) is 0 Å². The highest BCUT2D eigenvalue weighted by molar-refractivity contribution is 7.99. The number of carbonyl (C=O) groups is 1. The van der Waals surface area contributed by atoms with Gasteiger partial charge in [-0.3, -0.25) is 4.79 Å². The maximum absolute atomic E-state index is 12.3. The van der Waals surface area contributed by atoms with Gasteiger partial charge in [0.2, 0.25) is 6.79 Å². The summed E-state index contributed by atoms with van der Waals surface area (Å²) in [5, 5.41) is 2.81. The van der Waals surface area contributed by atoms with Crippen LogP contribution in [0.2, 0.25) is 0 Å². The zero-order valence-electron chi connectivity index (χ0n) is 14.4. The van der Waals surface area contributed by atoms with Gasteiger partial charge in [0, 0.05) is 11.0 Å². The van der Waals surface area contributed by atoms with Crippen molar-refractivity contribution in [2.45, 2.75) is 11.8 Å². The maximum atomic E-state index is 12.3. The molecule has 0 saturated carbocycles. The monoisotopic (exact) mass is 369 g/mol. The van der Waals surface area contributed by atoms with E-state index in [0.717, 1.165) is 10.6 Å². The summed E-state index contributed by atoms with van der Waals surface area (Å²) >= 11 is 1.65. The van der Waals surface area contributed by atoms with E-state index < -0.39 is 0 Å². The molecular weight excluding hydrogens is 350 g/mol. The highest BCUT2D eigenvalue weighted by Crippen LogP contribution is 2.34. The van der Waals surface area contributed by atoms with Crippen molar-refractivity contribution in [3.63, 3.8) is 0 Å². The quantitative estimate of drug-likeness (QED) is 0.625. The summed E-state index contributed by atoms with van der Waals surface area (Å²) in [6.45, 7) is 2.80. The lowest BCUT2D eigenvalue weighted by Crippen LogP contribution is -2.24. The number of amides is 1. The molecule has 3 rings (SSSR count). The molecule has 0 spiro atoms. The van der Waals surface area contributed by atoms with Crippen LogP contribution in [0.4, 0.5) is 0 Å². The number of ether oxygens (including phenoxy) is 3. The van der Waals surface area contributed by atoms with Gasteiger partial charge in [0.15, 0.2) is 11.5 Å². The Labute approximate surface area is 157 Å². The summed E-state index contributed by atoms with van der Waals surface area (Å²) in [5.41, 5.74) is 0.678. The minimum absolute atomic E-state index is 0.118. The van der Waals surface area contributed by atoms with Crippen molar-refractivity contribution in [3.8, 4) is 29.1 Å². The summed E-state index contributed by atoms with van der Waals surface area (Å²) in [6.07, 6.45) is 0. The minimum Gasteiger partial charge on any atom is -0.481 e. The van der Waals surface area contributed by atoms with E-state index in [-0.39, 0.29) is 25.9 Å². The number of thioether (sulfide) groups is 1. The Kier molecular flexibility index (Phi) is 6.29. The predicted octanol–water partition coefficient (Wildman–Crippen LogP) is 3.34. The number of fused-ring (bicyclic) bond motifs is 1. The number of rotatable bonds is 6. The third-order valence-corrected chi connectivity index (χ3v) is 4.50. The van der Waals surface area contributed by atoms with Gasteiger partial charge < -0.3 is 19.5 Å². The van der Waals surface area contributed by atoms with Gasteiger partial charge in [-0.05, 0) is 30.0 Å². The Hall–Kier alpha value is -2.78. The highest BCUT2D eigenvalue weighted by atomic mass is 32.2. The van der Waals surface area contributed by atoms with Gasteiger partial charge in [-0.25, -0.2) is 0 Å². The first-order chi connectivity index (χ1) is 12.8. The van der Waals surface area contributed by atoms with Crippen molar-refractivity contribution in [1.29, 1.82) is 0 Å². The molecule has 1 aliphatic heterocycles. The van der Waals surface area contributed by atoms with E-state index in [0.29, 0.717) is 22.8 Å². The normalized spacial score (nSPS) is 11.4. The fraction of sp³-hybridized carbons (Fsp3) is 0.250. The van der Waals surface area contributed by atoms with E-state index in [4.69, 9.17) is 14.2 Å². The molecular formula is C20H19NO4S. The molecule has 0 unspecified atom stereocenters. The van der Waals surface area contributed by atoms with Crippen LogP contribution in [-0.4, -0.2) is 31.6 Å². The Bertz CT molecular complexity index is 841. The molecule has 1 aliphatic rings. The lowest BCUT2D eigenvalue weighted by atomic mass is 10.2. The molecule has 2 aromatic rings. The van der Waals surface area contributed by atoms with Gasteiger partial charge in [0.25, 0.3) is 5.91 Å². The number of hydrogen-bond acceptors (Lipinski definition) is 5. The molecule has 0 fully saturated rings. The molecule has 0 aliphatic carbocycles. The van der Waals surface area contributed by atoms with E-state index in [1.165, 1.54) is 0 Å². The fourth-order valence-corrected chi connectivity index (χ4v) is 3.16. The Morgan fingerprint density at radius 2 is 2.04 bits per heavy atom. The molecule has 5 nitrogen and oxygen atoms in total. The van der Waals surface area contributed by atoms with Crippen molar-refractivity contribution >= 4 is 17.7 Å². The molecule has 1 N–H and O–H groups in total. The molecule has 0 bridgehead atoms. The Morgan fingerprint density at radius 1 is 1.19 bits per heavy atom. The third kappa shape index (κ3) is 4.64. The second-order valence-electron chi connectivity index (χ2n) is 5.27. The molecule has 6 heteroatoms.